The average Bonchev–Trinajstić information content (AvgIpc) is 3.54. The normalized spacial score (nSPS) is 13.5. The first-order valence-electron chi connectivity index (χ1n) is 12.2. The number of halogens is 1. The zero-order chi connectivity index (χ0) is 29.7. The molecule has 0 bridgehead atoms. The van der Waals surface area contributed by atoms with Gasteiger partial charge < -0.3 is 25.4 Å². The summed E-state index contributed by atoms with van der Waals surface area (Å²) in [6.45, 7) is 1.26. The van der Waals surface area contributed by atoms with Gasteiger partial charge in [0.25, 0.3) is 11.8 Å². The SMILES string of the molecule is CC(=O)O[C@@H](C(=O)Nc1ccc(-c2noc(=O)[nH]2)cc1)[C@@H](CC(=O)O)C(=O)N(CCCl)c1ccc2c(c1)C(=O)NC2. The third-order valence-corrected chi connectivity index (χ3v) is 6.33. The number of amides is 3. The molecule has 14 nitrogen and oxygen atoms in total. The average molecular weight is 586 g/mol. The fraction of sp³-hybridized carbons (Fsp3) is 0.269. The molecule has 1 aromatic heterocycles. The van der Waals surface area contributed by atoms with Gasteiger partial charge in [0.15, 0.2) is 11.9 Å². The van der Waals surface area contributed by atoms with Crippen LogP contribution in [0.5, 0.6) is 0 Å². The maximum absolute atomic E-state index is 13.8. The number of H-pyrrole nitrogens is 1. The third-order valence-electron chi connectivity index (χ3n) is 6.16. The fourth-order valence-electron chi connectivity index (χ4n) is 4.31. The second-order valence-electron chi connectivity index (χ2n) is 8.95. The zero-order valence-corrected chi connectivity index (χ0v) is 22.3. The Morgan fingerprint density at radius 1 is 1.17 bits per heavy atom. The van der Waals surface area contributed by atoms with E-state index in [0.29, 0.717) is 17.7 Å². The largest absolute Gasteiger partial charge is 0.481 e. The van der Waals surface area contributed by atoms with Gasteiger partial charge in [-0.05, 0) is 42.0 Å². The molecule has 0 radical (unpaired) electrons. The molecular weight excluding hydrogens is 562 g/mol. The zero-order valence-electron chi connectivity index (χ0n) is 21.5. The lowest BCUT2D eigenvalue weighted by molar-refractivity contribution is -0.160. The van der Waals surface area contributed by atoms with E-state index in [-0.39, 0.29) is 35.5 Å². The number of carbonyl (C=O) groups is 5. The summed E-state index contributed by atoms with van der Waals surface area (Å²) in [6, 6.07) is 10.6. The van der Waals surface area contributed by atoms with Crippen LogP contribution in [0.3, 0.4) is 0 Å². The number of carboxylic acid groups (broad SMARTS) is 1. The van der Waals surface area contributed by atoms with E-state index in [9.17, 15) is 33.9 Å². The Labute approximate surface area is 236 Å². The quantitative estimate of drug-likeness (QED) is 0.189. The molecule has 4 rings (SSSR count). The van der Waals surface area contributed by atoms with Crippen LogP contribution in [0.4, 0.5) is 11.4 Å². The standard InChI is InChI=1S/C26H24ClN5O9/c1-13(33)40-21(24(37)29-16-5-2-14(3-6-16)22-30-26(39)41-31-22)19(11-20(34)35)25(38)32(9-8-27)17-7-4-15-12-28-23(36)18(15)10-17/h2-7,10,19,21H,8-9,11-12H2,1H3,(H,28,36)(H,29,37)(H,34,35)(H,30,31,39)/t19-,21-/m1/s1. The van der Waals surface area contributed by atoms with E-state index < -0.39 is 48.0 Å². The highest BCUT2D eigenvalue weighted by Crippen LogP contribution is 2.27. The Bertz CT molecular complexity index is 1550. The Morgan fingerprint density at radius 2 is 1.90 bits per heavy atom. The highest BCUT2D eigenvalue weighted by molar-refractivity contribution is 6.18. The number of esters is 1. The van der Waals surface area contributed by atoms with Crippen LogP contribution in [0, 0.1) is 5.92 Å². The van der Waals surface area contributed by atoms with Crippen molar-refractivity contribution in [1.82, 2.24) is 15.5 Å². The van der Waals surface area contributed by atoms with Crippen molar-refractivity contribution in [1.29, 1.82) is 0 Å². The first-order chi connectivity index (χ1) is 19.6. The molecule has 15 heteroatoms. The number of aromatic nitrogens is 2. The van der Waals surface area contributed by atoms with E-state index >= 15 is 0 Å². The van der Waals surface area contributed by atoms with Gasteiger partial charge in [0.1, 0.15) is 0 Å². The fourth-order valence-corrected chi connectivity index (χ4v) is 4.48. The van der Waals surface area contributed by atoms with Gasteiger partial charge in [-0.3, -0.25) is 33.5 Å². The summed E-state index contributed by atoms with van der Waals surface area (Å²) < 4.78 is 9.67. The molecule has 41 heavy (non-hydrogen) atoms. The van der Waals surface area contributed by atoms with E-state index in [1.165, 1.54) is 30.3 Å². The summed E-state index contributed by atoms with van der Waals surface area (Å²) in [5.74, 6) is -6.78. The number of benzene rings is 2. The van der Waals surface area contributed by atoms with Crippen molar-refractivity contribution >= 4 is 52.6 Å². The molecule has 0 unspecified atom stereocenters. The summed E-state index contributed by atoms with van der Waals surface area (Å²) in [4.78, 5) is 77.9. The van der Waals surface area contributed by atoms with E-state index in [4.69, 9.17) is 16.3 Å². The summed E-state index contributed by atoms with van der Waals surface area (Å²) in [5.41, 5.74) is 1.99. The number of fused-ring (bicyclic) bond motifs is 1. The molecule has 1 aliphatic rings. The number of anilines is 2. The van der Waals surface area contributed by atoms with Gasteiger partial charge in [0.05, 0.1) is 12.3 Å². The second kappa shape index (κ2) is 12.5. The number of aromatic amines is 1. The van der Waals surface area contributed by atoms with E-state index in [0.717, 1.165) is 17.4 Å². The first-order valence-corrected chi connectivity index (χ1v) is 12.8. The molecule has 2 atom stereocenters. The summed E-state index contributed by atoms with van der Waals surface area (Å²) >= 11 is 5.95. The number of ether oxygens (including phenoxy) is 1. The molecular formula is C26H24ClN5O9. The number of hydrogen-bond donors (Lipinski definition) is 4. The van der Waals surface area contributed by atoms with Gasteiger partial charge in [0, 0.05) is 48.4 Å². The number of nitrogens with one attached hydrogen (secondary N) is 3. The lowest BCUT2D eigenvalue weighted by atomic mass is 9.94. The molecule has 4 N–H and O–H groups in total. The number of aliphatic carboxylic acids is 1. The van der Waals surface area contributed by atoms with E-state index in [1.807, 2.05) is 0 Å². The minimum atomic E-state index is -1.83. The summed E-state index contributed by atoms with van der Waals surface area (Å²) in [6.07, 6.45) is -2.69. The number of carboxylic acids is 1. The molecule has 3 aromatic rings. The Kier molecular flexibility index (Phi) is 8.82. The Hall–Kier alpha value is -4.98. The van der Waals surface area contributed by atoms with E-state index in [1.54, 1.807) is 12.1 Å². The number of carbonyl (C=O) groups excluding carboxylic acids is 4. The van der Waals surface area contributed by atoms with Gasteiger partial charge in [0.2, 0.25) is 5.91 Å². The number of rotatable bonds is 11. The molecule has 214 valence electrons. The van der Waals surface area contributed by atoms with Crippen molar-refractivity contribution in [3.8, 4) is 11.4 Å². The predicted molar refractivity (Wildman–Crippen MR) is 143 cm³/mol. The van der Waals surface area contributed by atoms with Crippen molar-refractivity contribution in [2.24, 2.45) is 5.92 Å². The molecule has 0 fully saturated rings. The molecule has 0 saturated carbocycles. The molecule has 0 spiro atoms. The maximum Gasteiger partial charge on any atom is 0.439 e. The highest BCUT2D eigenvalue weighted by Gasteiger charge is 2.41. The van der Waals surface area contributed by atoms with Crippen molar-refractivity contribution in [3.05, 3.63) is 64.1 Å². The van der Waals surface area contributed by atoms with Crippen molar-refractivity contribution in [2.45, 2.75) is 26.0 Å². The minimum Gasteiger partial charge on any atom is -0.481 e. The van der Waals surface area contributed by atoms with Crippen LogP contribution in [0.2, 0.25) is 0 Å². The second-order valence-corrected chi connectivity index (χ2v) is 9.33. The number of hydrogen-bond acceptors (Lipinski definition) is 9. The maximum atomic E-state index is 13.8. The van der Waals surface area contributed by atoms with Crippen LogP contribution in [0.1, 0.15) is 29.3 Å². The van der Waals surface area contributed by atoms with Crippen molar-refractivity contribution in [2.75, 3.05) is 22.6 Å². The van der Waals surface area contributed by atoms with Gasteiger partial charge >= 0.3 is 17.7 Å². The van der Waals surface area contributed by atoms with E-state index in [2.05, 4.69) is 25.3 Å². The molecule has 0 aliphatic carbocycles. The first kappa shape index (κ1) is 29.0. The van der Waals surface area contributed by atoms with Gasteiger partial charge in [-0.1, -0.05) is 11.2 Å². The van der Waals surface area contributed by atoms with Crippen LogP contribution in [-0.2, 0) is 30.5 Å². The lowest BCUT2D eigenvalue weighted by Gasteiger charge is -2.30. The van der Waals surface area contributed by atoms with Crippen LogP contribution in [0.15, 0.2) is 51.8 Å². The number of alkyl halides is 1. The Morgan fingerprint density at radius 3 is 2.51 bits per heavy atom. The van der Waals surface area contributed by atoms with Crippen LogP contribution < -0.4 is 21.3 Å². The minimum absolute atomic E-state index is 0.0532. The third kappa shape index (κ3) is 6.78. The molecule has 2 aromatic carbocycles. The molecule has 0 saturated heterocycles. The topological polar surface area (TPSA) is 201 Å². The number of nitrogens with zero attached hydrogens (tertiary/aromatic N) is 2. The predicted octanol–water partition coefficient (Wildman–Crippen LogP) is 1.51. The van der Waals surface area contributed by atoms with Gasteiger partial charge in [-0.25, -0.2) is 4.79 Å². The van der Waals surface area contributed by atoms with Crippen molar-refractivity contribution < 1.29 is 38.3 Å². The van der Waals surface area contributed by atoms with Gasteiger partial charge in [-0.2, -0.15) is 0 Å². The van der Waals surface area contributed by atoms with Crippen molar-refractivity contribution in [3.63, 3.8) is 0 Å². The molecule has 2 heterocycles. The summed E-state index contributed by atoms with van der Waals surface area (Å²) in [5, 5.41) is 18.4. The molecule has 3 amide bonds. The van der Waals surface area contributed by atoms with Crippen LogP contribution in [0.25, 0.3) is 11.4 Å². The Balaban J connectivity index is 1.63. The summed E-state index contributed by atoms with van der Waals surface area (Å²) in [7, 11) is 0. The smallest absolute Gasteiger partial charge is 0.439 e. The van der Waals surface area contributed by atoms with Crippen LogP contribution in [-0.4, -0.2) is 63.4 Å². The van der Waals surface area contributed by atoms with Crippen LogP contribution >= 0.6 is 11.6 Å². The monoisotopic (exact) mass is 585 g/mol. The van der Waals surface area contributed by atoms with Gasteiger partial charge in [-0.15, -0.1) is 11.6 Å². The molecule has 1 aliphatic heterocycles. The highest BCUT2D eigenvalue weighted by atomic mass is 35.5. The lowest BCUT2D eigenvalue weighted by Crippen LogP contribution is -2.48.